The number of rotatable bonds is 0. The highest BCUT2D eigenvalue weighted by Gasteiger charge is 2.30. The van der Waals surface area contributed by atoms with Crippen molar-refractivity contribution in [3.8, 4) is 0 Å². The zero-order valence-electron chi connectivity index (χ0n) is 9.34. The van der Waals surface area contributed by atoms with Crippen LogP contribution in [0.4, 0.5) is 0 Å². The summed E-state index contributed by atoms with van der Waals surface area (Å²) in [6, 6.07) is 0. The van der Waals surface area contributed by atoms with Crippen LogP contribution in [0, 0.1) is 0 Å². The van der Waals surface area contributed by atoms with Gasteiger partial charge in [0.15, 0.2) is 0 Å². The quantitative estimate of drug-likeness (QED) is 0.565. The molecule has 2 nitrogen and oxygen atoms in total. The molecule has 2 aliphatic rings. The minimum atomic E-state index is 0.265. The predicted octanol–water partition coefficient (Wildman–Crippen LogP) is 2.21. The van der Waals surface area contributed by atoms with Gasteiger partial charge in [0.25, 0.3) is 0 Å². The molecule has 0 aromatic heterocycles. The Morgan fingerprint density at radius 1 is 1.36 bits per heavy atom. The Labute approximate surface area is 88.9 Å². The fraction of sp³-hybridized carbons (Fsp3) is 0.727. The lowest BCUT2D eigenvalue weighted by Gasteiger charge is -2.23. The standard InChI is InChI=1S/C9H14NOP.C2H6/c1-10-3-2-6-4-7(12)5-8(6)9(10)11;1-2/h7H,2-5,12H2,1H3;1-2H3. The first-order valence-corrected chi connectivity index (χ1v) is 6.07. The van der Waals surface area contributed by atoms with Crippen LogP contribution >= 0.6 is 9.24 Å². The molecule has 1 amide bonds. The van der Waals surface area contributed by atoms with Crippen molar-refractivity contribution in [1.82, 2.24) is 4.90 Å². The maximum Gasteiger partial charge on any atom is 0.249 e. The Hall–Kier alpha value is -0.360. The van der Waals surface area contributed by atoms with Crippen LogP contribution in [0.15, 0.2) is 11.1 Å². The molecule has 0 aromatic rings. The van der Waals surface area contributed by atoms with Crippen LogP contribution in [0.25, 0.3) is 0 Å². The van der Waals surface area contributed by atoms with Gasteiger partial charge in [-0.3, -0.25) is 4.79 Å². The first-order chi connectivity index (χ1) is 6.68. The summed E-state index contributed by atoms with van der Waals surface area (Å²) in [5.41, 5.74) is 3.13. The van der Waals surface area contributed by atoms with Gasteiger partial charge in [0.1, 0.15) is 0 Å². The van der Waals surface area contributed by atoms with E-state index in [0.717, 1.165) is 31.4 Å². The molecule has 1 aliphatic carbocycles. The van der Waals surface area contributed by atoms with E-state index in [4.69, 9.17) is 0 Å². The predicted molar refractivity (Wildman–Crippen MR) is 63.4 cm³/mol. The summed E-state index contributed by atoms with van der Waals surface area (Å²) >= 11 is 0. The van der Waals surface area contributed by atoms with Crippen molar-refractivity contribution in [3.63, 3.8) is 0 Å². The zero-order valence-corrected chi connectivity index (χ0v) is 10.5. The number of hydrogen-bond acceptors (Lipinski definition) is 1. The normalized spacial score (nSPS) is 25.9. The van der Waals surface area contributed by atoms with E-state index < -0.39 is 0 Å². The highest BCUT2D eigenvalue weighted by atomic mass is 31.0. The lowest BCUT2D eigenvalue weighted by atomic mass is 10.0. The molecule has 2 rings (SSSR count). The summed E-state index contributed by atoms with van der Waals surface area (Å²) in [6.07, 6.45) is 3.20. The molecule has 14 heavy (non-hydrogen) atoms. The Morgan fingerprint density at radius 2 is 2.00 bits per heavy atom. The fourth-order valence-electron chi connectivity index (χ4n) is 2.04. The molecular formula is C11H20NOP. The molecule has 2 atom stereocenters. The van der Waals surface area contributed by atoms with E-state index in [9.17, 15) is 4.79 Å². The van der Waals surface area contributed by atoms with Gasteiger partial charge in [0.05, 0.1) is 0 Å². The van der Waals surface area contributed by atoms with Crippen molar-refractivity contribution in [2.75, 3.05) is 13.6 Å². The number of carbonyl (C=O) groups excluding carboxylic acids is 1. The van der Waals surface area contributed by atoms with Gasteiger partial charge in [0.2, 0.25) is 5.91 Å². The molecule has 1 aliphatic heterocycles. The van der Waals surface area contributed by atoms with Crippen molar-refractivity contribution >= 4 is 15.1 Å². The molecule has 0 bridgehead atoms. The number of nitrogens with zero attached hydrogens (tertiary/aromatic N) is 1. The van der Waals surface area contributed by atoms with E-state index in [1.165, 1.54) is 5.57 Å². The smallest absolute Gasteiger partial charge is 0.249 e. The fourth-order valence-corrected chi connectivity index (χ4v) is 2.56. The average molecular weight is 213 g/mol. The molecule has 3 heteroatoms. The van der Waals surface area contributed by atoms with Crippen LogP contribution in [0.2, 0.25) is 0 Å². The van der Waals surface area contributed by atoms with E-state index >= 15 is 0 Å². The molecule has 1 heterocycles. The summed E-state index contributed by atoms with van der Waals surface area (Å²) in [5.74, 6) is 0.265. The van der Waals surface area contributed by atoms with Gasteiger partial charge < -0.3 is 4.90 Å². The molecule has 0 radical (unpaired) electrons. The minimum Gasteiger partial charge on any atom is -0.342 e. The van der Waals surface area contributed by atoms with Crippen LogP contribution in [-0.4, -0.2) is 30.1 Å². The van der Waals surface area contributed by atoms with Gasteiger partial charge in [-0.25, -0.2) is 0 Å². The molecule has 80 valence electrons. The van der Waals surface area contributed by atoms with E-state index in [1.807, 2.05) is 25.8 Å². The van der Waals surface area contributed by atoms with Gasteiger partial charge >= 0.3 is 0 Å². The first kappa shape index (κ1) is 11.7. The van der Waals surface area contributed by atoms with Crippen LogP contribution in [0.3, 0.4) is 0 Å². The maximum absolute atomic E-state index is 11.6. The number of hydrogen-bond donors (Lipinski definition) is 0. The monoisotopic (exact) mass is 213 g/mol. The van der Waals surface area contributed by atoms with E-state index in [1.54, 1.807) is 0 Å². The van der Waals surface area contributed by atoms with Crippen LogP contribution in [0.5, 0.6) is 0 Å². The zero-order chi connectivity index (χ0) is 10.7. The SMILES string of the molecule is CC.CN1CCC2=C(CC(P)C2)C1=O. The number of likely N-dealkylation sites (N-methyl/N-ethyl adjacent to an activating group) is 1. The highest BCUT2D eigenvalue weighted by molar-refractivity contribution is 7.17. The third-order valence-electron chi connectivity index (χ3n) is 2.76. The van der Waals surface area contributed by atoms with Gasteiger partial charge in [0, 0.05) is 19.2 Å². The largest absolute Gasteiger partial charge is 0.342 e. The third kappa shape index (κ3) is 2.17. The van der Waals surface area contributed by atoms with E-state index in [-0.39, 0.29) is 5.91 Å². The van der Waals surface area contributed by atoms with Gasteiger partial charge in [-0.15, -0.1) is 9.24 Å². The van der Waals surface area contributed by atoms with Crippen LogP contribution < -0.4 is 0 Å². The first-order valence-electron chi connectivity index (χ1n) is 5.40. The second-order valence-electron chi connectivity index (χ2n) is 3.73. The second kappa shape index (κ2) is 4.93. The Balaban J connectivity index is 0.000000461. The minimum absolute atomic E-state index is 0.265. The van der Waals surface area contributed by atoms with Gasteiger partial charge in [-0.05, 0) is 24.9 Å². The molecule has 0 fully saturated rings. The average Bonchev–Trinajstić information content (AvgIpc) is 2.57. The van der Waals surface area contributed by atoms with E-state index in [2.05, 4.69) is 9.24 Å². The topological polar surface area (TPSA) is 20.3 Å². The molecule has 0 aromatic carbocycles. The molecule has 0 saturated heterocycles. The second-order valence-corrected chi connectivity index (χ2v) is 4.67. The third-order valence-corrected chi connectivity index (χ3v) is 3.23. The summed E-state index contributed by atoms with van der Waals surface area (Å²) in [4.78, 5) is 13.4. The van der Waals surface area contributed by atoms with Gasteiger partial charge in [-0.1, -0.05) is 19.4 Å². The van der Waals surface area contributed by atoms with Crippen molar-refractivity contribution in [2.24, 2.45) is 0 Å². The van der Waals surface area contributed by atoms with Crippen molar-refractivity contribution in [1.29, 1.82) is 0 Å². The number of carbonyl (C=O) groups is 1. The molecule has 0 N–H and O–H groups in total. The van der Waals surface area contributed by atoms with Gasteiger partial charge in [-0.2, -0.15) is 0 Å². The van der Waals surface area contributed by atoms with Crippen molar-refractivity contribution < 1.29 is 4.79 Å². The number of amides is 1. The summed E-state index contributed by atoms with van der Waals surface area (Å²) < 4.78 is 0. The summed E-state index contributed by atoms with van der Waals surface area (Å²) in [6.45, 7) is 4.91. The Kier molecular flexibility index (Phi) is 4.12. The van der Waals surface area contributed by atoms with Crippen LogP contribution in [-0.2, 0) is 4.79 Å². The summed E-state index contributed by atoms with van der Waals surface area (Å²) in [7, 11) is 4.71. The molecule has 2 unspecified atom stereocenters. The highest BCUT2D eigenvalue weighted by Crippen LogP contribution is 2.36. The Bertz CT molecular complexity index is 260. The van der Waals surface area contributed by atoms with Crippen LogP contribution in [0.1, 0.15) is 33.1 Å². The lowest BCUT2D eigenvalue weighted by Crippen LogP contribution is -2.32. The van der Waals surface area contributed by atoms with Crippen molar-refractivity contribution in [2.45, 2.75) is 38.8 Å². The van der Waals surface area contributed by atoms with E-state index in [0.29, 0.717) is 5.66 Å². The molecular weight excluding hydrogens is 193 g/mol. The summed E-state index contributed by atoms with van der Waals surface area (Å²) in [5, 5.41) is 0. The Morgan fingerprint density at radius 3 is 2.64 bits per heavy atom. The molecule has 0 saturated carbocycles. The van der Waals surface area contributed by atoms with Crippen molar-refractivity contribution in [3.05, 3.63) is 11.1 Å². The molecule has 0 spiro atoms. The maximum atomic E-state index is 11.6. The lowest BCUT2D eigenvalue weighted by molar-refractivity contribution is -0.126.